The highest BCUT2D eigenvalue weighted by atomic mass is 16.2. The summed E-state index contributed by atoms with van der Waals surface area (Å²) < 4.78 is 2.93. The third kappa shape index (κ3) is 2.73. The van der Waals surface area contributed by atoms with Crippen molar-refractivity contribution in [3.8, 4) is 5.69 Å². The van der Waals surface area contributed by atoms with Gasteiger partial charge in [-0.1, -0.05) is 18.2 Å². The fourth-order valence-electron chi connectivity index (χ4n) is 2.45. The van der Waals surface area contributed by atoms with Crippen LogP contribution in [0.1, 0.15) is 12.5 Å². The highest BCUT2D eigenvalue weighted by Crippen LogP contribution is 2.16. The molecule has 7 heteroatoms. The van der Waals surface area contributed by atoms with E-state index < -0.39 is 0 Å². The lowest BCUT2D eigenvalue weighted by Gasteiger charge is -2.07. The molecule has 2 aromatic heterocycles. The average molecular weight is 311 g/mol. The number of aromatic nitrogens is 4. The van der Waals surface area contributed by atoms with Crippen molar-refractivity contribution in [1.82, 2.24) is 24.6 Å². The predicted molar refractivity (Wildman–Crippen MR) is 86.5 cm³/mol. The minimum absolute atomic E-state index is 0.0504. The third-order valence-corrected chi connectivity index (χ3v) is 3.59. The zero-order chi connectivity index (χ0) is 16.4. The van der Waals surface area contributed by atoms with Crippen molar-refractivity contribution in [2.24, 2.45) is 0 Å². The summed E-state index contributed by atoms with van der Waals surface area (Å²) in [5.74, 6) is -0.220. The van der Waals surface area contributed by atoms with Gasteiger partial charge in [0.1, 0.15) is 18.3 Å². The molecule has 0 spiro atoms. The van der Waals surface area contributed by atoms with E-state index in [0.717, 1.165) is 11.3 Å². The van der Waals surface area contributed by atoms with Crippen molar-refractivity contribution in [1.29, 1.82) is 0 Å². The molecule has 7 nitrogen and oxygen atoms in total. The SMILES string of the molecule is CCNC(=O)Cn1cnc2c(cnn2-c2ccccc2C)c1=O. The second-order valence-corrected chi connectivity index (χ2v) is 5.21. The van der Waals surface area contributed by atoms with E-state index in [-0.39, 0.29) is 18.0 Å². The number of rotatable bonds is 4. The molecule has 1 N–H and O–H groups in total. The molecule has 118 valence electrons. The number of carbonyl (C=O) groups excluding carboxylic acids is 1. The number of hydrogen-bond donors (Lipinski definition) is 1. The standard InChI is InChI=1S/C16H17N5O2/c1-3-17-14(22)9-20-10-18-15-12(16(20)23)8-19-21(15)13-7-5-4-6-11(13)2/h4-8,10H,3,9H2,1-2H3,(H,17,22). The quantitative estimate of drug-likeness (QED) is 0.780. The highest BCUT2D eigenvalue weighted by molar-refractivity contribution is 5.77. The molecule has 0 saturated heterocycles. The molecule has 0 radical (unpaired) electrons. The van der Waals surface area contributed by atoms with E-state index in [0.29, 0.717) is 17.6 Å². The lowest BCUT2D eigenvalue weighted by molar-refractivity contribution is -0.121. The van der Waals surface area contributed by atoms with E-state index in [9.17, 15) is 9.59 Å². The summed E-state index contributed by atoms with van der Waals surface area (Å²) >= 11 is 0. The largest absolute Gasteiger partial charge is 0.355 e. The van der Waals surface area contributed by atoms with Crippen molar-refractivity contribution < 1.29 is 4.79 Å². The minimum Gasteiger partial charge on any atom is -0.355 e. The summed E-state index contributed by atoms with van der Waals surface area (Å²) in [6.45, 7) is 4.27. The monoisotopic (exact) mass is 311 g/mol. The Labute approximate surface area is 132 Å². The Hall–Kier alpha value is -2.96. The Balaban J connectivity index is 2.07. The van der Waals surface area contributed by atoms with Gasteiger partial charge in [-0.15, -0.1) is 0 Å². The third-order valence-electron chi connectivity index (χ3n) is 3.59. The van der Waals surface area contributed by atoms with E-state index in [1.54, 1.807) is 4.68 Å². The molecule has 0 aliphatic heterocycles. The zero-order valence-electron chi connectivity index (χ0n) is 13.0. The van der Waals surface area contributed by atoms with Crippen molar-refractivity contribution in [3.05, 3.63) is 52.7 Å². The molecule has 1 amide bonds. The van der Waals surface area contributed by atoms with Crippen LogP contribution in [0.3, 0.4) is 0 Å². The number of likely N-dealkylation sites (N-methyl/N-ethyl adjacent to an activating group) is 1. The molecule has 0 bridgehead atoms. The molecule has 23 heavy (non-hydrogen) atoms. The summed E-state index contributed by atoms with van der Waals surface area (Å²) in [6, 6.07) is 7.74. The van der Waals surface area contributed by atoms with Gasteiger partial charge >= 0.3 is 0 Å². The molecular formula is C16H17N5O2. The summed E-state index contributed by atoms with van der Waals surface area (Å²) in [5, 5.41) is 7.33. The van der Waals surface area contributed by atoms with Crippen molar-refractivity contribution in [2.75, 3.05) is 6.54 Å². The van der Waals surface area contributed by atoms with Gasteiger partial charge in [-0.05, 0) is 25.5 Å². The van der Waals surface area contributed by atoms with Crippen molar-refractivity contribution in [2.45, 2.75) is 20.4 Å². The maximum absolute atomic E-state index is 12.5. The lowest BCUT2D eigenvalue weighted by Crippen LogP contribution is -2.32. The van der Waals surface area contributed by atoms with Crippen LogP contribution in [0, 0.1) is 6.92 Å². The number of amides is 1. The number of benzene rings is 1. The van der Waals surface area contributed by atoms with Gasteiger partial charge in [-0.25, -0.2) is 9.67 Å². The molecule has 0 atom stereocenters. The molecule has 0 saturated carbocycles. The average Bonchev–Trinajstić information content (AvgIpc) is 2.95. The van der Waals surface area contributed by atoms with Crippen LogP contribution in [0.5, 0.6) is 0 Å². The molecule has 2 heterocycles. The lowest BCUT2D eigenvalue weighted by atomic mass is 10.2. The van der Waals surface area contributed by atoms with Crippen LogP contribution < -0.4 is 10.9 Å². The van der Waals surface area contributed by atoms with Gasteiger partial charge in [-0.2, -0.15) is 5.10 Å². The molecule has 1 aromatic carbocycles. The van der Waals surface area contributed by atoms with Crippen LogP contribution in [0.25, 0.3) is 16.7 Å². The summed E-state index contributed by atoms with van der Waals surface area (Å²) in [6.07, 6.45) is 2.88. The molecule has 3 rings (SSSR count). The van der Waals surface area contributed by atoms with Gasteiger partial charge < -0.3 is 5.32 Å². The fraction of sp³-hybridized carbons (Fsp3) is 0.250. The number of aryl methyl sites for hydroxylation is 1. The highest BCUT2D eigenvalue weighted by Gasteiger charge is 2.13. The number of hydrogen-bond acceptors (Lipinski definition) is 4. The fourth-order valence-corrected chi connectivity index (χ4v) is 2.45. The maximum Gasteiger partial charge on any atom is 0.264 e. The van der Waals surface area contributed by atoms with Crippen LogP contribution in [0.4, 0.5) is 0 Å². The first-order valence-electron chi connectivity index (χ1n) is 7.37. The first-order valence-corrected chi connectivity index (χ1v) is 7.37. The molecule has 3 aromatic rings. The van der Waals surface area contributed by atoms with Crippen LogP contribution in [0.2, 0.25) is 0 Å². The van der Waals surface area contributed by atoms with Gasteiger partial charge in [0.15, 0.2) is 5.65 Å². The van der Waals surface area contributed by atoms with Gasteiger partial charge in [-0.3, -0.25) is 14.2 Å². The molecule has 0 aliphatic carbocycles. The Bertz CT molecular complexity index is 926. The van der Waals surface area contributed by atoms with Gasteiger partial charge in [0, 0.05) is 6.54 Å². The van der Waals surface area contributed by atoms with Crippen LogP contribution >= 0.6 is 0 Å². The second kappa shape index (κ2) is 6.04. The van der Waals surface area contributed by atoms with Crippen LogP contribution in [-0.4, -0.2) is 31.8 Å². The van der Waals surface area contributed by atoms with E-state index >= 15 is 0 Å². The Morgan fingerprint density at radius 1 is 1.30 bits per heavy atom. The first kappa shape index (κ1) is 15.0. The zero-order valence-corrected chi connectivity index (χ0v) is 13.0. The Morgan fingerprint density at radius 3 is 2.83 bits per heavy atom. The Morgan fingerprint density at radius 2 is 2.09 bits per heavy atom. The molecule has 0 fully saturated rings. The molecule has 0 unspecified atom stereocenters. The summed E-state index contributed by atoms with van der Waals surface area (Å²) in [7, 11) is 0. The van der Waals surface area contributed by atoms with Crippen molar-refractivity contribution in [3.63, 3.8) is 0 Å². The van der Waals surface area contributed by atoms with E-state index in [4.69, 9.17) is 0 Å². The summed E-state index contributed by atoms with van der Waals surface area (Å²) in [4.78, 5) is 28.5. The predicted octanol–water partition coefficient (Wildman–Crippen LogP) is 1.03. The summed E-state index contributed by atoms with van der Waals surface area (Å²) in [5.41, 5.74) is 2.11. The van der Waals surface area contributed by atoms with E-state index in [2.05, 4.69) is 15.4 Å². The van der Waals surface area contributed by atoms with Crippen molar-refractivity contribution >= 4 is 16.9 Å². The van der Waals surface area contributed by atoms with E-state index in [1.807, 2.05) is 38.1 Å². The second-order valence-electron chi connectivity index (χ2n) is 5.21. The van der Waals surface area contributed by atoms with Gasteiger partial charge in [0.05, 0.1) is 11.9 Å². The Kier molecular flexibility index (Phi) is 3.92. The topological polar surface area (TPSA) is 81.8 Å². The normalized spacial score (nSPS) is 10.9. The number of nitrogens with zero attached hydrogens (tertiary/aromatic N) is 4. The number of nitrogens with one attached hydrogen (secondary N) is 1. The first-order chi connectivity index (χ1) is 11.1. The van der Waals surface area contributed by atoms with E-state index in [1.165, 1.54) is 17.1 Å². The van der Waals surface area contributed by atoms with Gasteiger partial charge in [0.25, 0.3) is 5.56 Å². The number of para-hydroxylation sites is 1. The van der Waals surface area contributed by atoms with Gasteiger partial charge in [0.2, 0.25) is 5.91 Å². The molecular weight excluding hydrogens is 294 g/mol. The number of fused-ring (bicyclic) bond motifs is 1. The molecule has 0 aliphatic rings. The number of carbonyl (C=O) groups is 1. The maximum atomic E-state index is 12.5. The van der Waals surface area contributed by atoms with Crippen LogP contribution in [-0.2, 0) is 11.3 Å². The smallest absolute Gasteiger partial charge is 0.264 e. The minimum atomic E-state index is -0.277. The van der Waals surface area contributed by atoms with Crippen LogP contribution in [0.15, 0.2) is 41.6 Å².